The van der Waals surface area contributed by atoms with Crippen LogP contribution in [0.1, 0.15) is 18.7 Å². The van der Waals surface area contributed by atoms with Gasteiger partial charge in [0.1, 0.15) is 0 Å². The molecule has 0 aromatic carbocycles. The van der Waals surface area contributed by atoms with Gasteiger partial charge in [0.15, 0.2) is 5.82 Å². The molecule has 1 aromatic heterocycles. The molecule has 1 aliphatic heterocycles. The van der Waals surface area contributed by atoms with Crippen molar-refractivity contribution >= 4 is 0 Å². The van der Waals surface area contributed by atoms with Crippen molar-refractivity contribution < 1.29 is 4.52 Å². The van der Waals surface area contributed by atoms with E-state index < -0.39 is 0 Å². The summed E-state index contributed by atoms with van der Waals surface area (Å²) in [6.07, 6.45) is 3.72. The van der Waals surface area contributed by atoms with E-state index >= 15 is 0 Å². The largest absolute Gasteiger partial charge is 0.343 e. The van der Waals surface area contributed by atoms with Gasteiger partial charge in [0.05, 0.1) is 6.54 Å². The van der Waals surface area contributed by atoms with Crippen molar-refractivity contribution in [3.8, 4) is 0 Å². The Kier molecular flexibility index (Phi) is 2.89. The van der Waals surface area contributed by atoms with E-state index in [1.165, 1.54) is 19.2 Å². The van der Waals surface area contributed by atoms with Crippen molar-refractivity contribution in [1.82, 2.24) is 20.8 Å². The summed E-state index contributed by atoms with van der Waals surface area (Å²) >= 11 is 0. The van der Waals surface area contributed by atoms with E-state index in [9.17, 15) is 0 Å². The average Bonchev–Trinajstić information content (AvgIpc) is 2.69. The third kappa shape index (κ3) is 2.50. The van der Waals surface area contributed by atoms with Gasteiger partial charge >= 0.3 is 0 Å². The lowest BCUT2D eigenvalue weighted by Crippen LogP contribution is -2.39. The lowest BCUT2D eigenvalue weighted by molar-refractivity contribution is 0.372. The summed E-state index contributed by atoms with van der Waals surface area (Å²) in [5.41, 5.74) is 0. The highest BCUT2D eigenvalue weighted by Crippen LogP contribution is 2.02. The molecule has 5 nitrogen and oxygen atoms in total. The zero-order valence-electron chi connectivity index (χ0n) is 7.49. The van der Waals surface area contributed by atoms with E-state index in [0.29, 0.717) is 12.6 Å². The molecule has 1 saturated heterocycles. The molecule has 0 radical (unpaired) electrons. The lowest BCUT2D eigenvalue weighted by atomic mass is 10.1. The maximum Gasteiger partial charge on any atom is 0.213 e. The monoisotopic (exact) mass is 182 g/mol. The van der Waals surface area contributed by atoms with Crippen LogP contribution in [0.3, 0.4) is 0 Å². The normalized spacial score (nSPS) is 19.1. The number of hydrogen-bond acceptors (Lipinski definition) is 5. The molecule has 0 saturated carbocycles. The SMILES string of the molecule is c1nc(CNC2CCNCC2)no1. The smallest absolute Gasteiger partial charge is 0.213 e. The predicted molar refractivity (Wildman–Crippen MR) is 47.0 cm³/mol. The predicted octanol–water partition coefficient (Wildman–Crippen LogP) is -0.0888. The Labute approximate surface area is 76.9 Å². The molecule has 0 amide bonds. The third-order valence-electron chi connectivity index (χ3n) is 2.29. The molecule has 2 rings (SSSR count). The maximum atomic E-state index is 4.64. The fourth-order valence-corrected chi connectivity index (χ4v) is 1.53. The van der Waals surface area contributed by atoms with E-state index in [2.05, 4.69) is 25.3 Å². The Bertz CT molecular complexity index is 230. The van der Waals surface area contributed by atoms with Crippen molar-refractivity contribution in [2.75, 3.05) is 13.1 Å². The van der Waals surface area contributed by atoms with Gasteiger partial charge in [-0.25, -0.2) is 0 Å². The van der Waals surface area contributed by atoms with E-state index in [4.69, 9.17) is 0 Å². The molecule has 1 aromatic rings. The third-order valence-corrected chi connectivity index (χ3v) is 2.29. The van der Waals surface area contributed by atoms with Crippen molar-refractivity contribution in [3.05, 3.63) is 12.2 Å². The molecular formula is C8H14N4O. The van der Waals surface area contributed by atoms with Crippen LogP contribution < -0.4 is 10.6 Å². The van der Waals surface area contributed by atoms with Crippen molar-refractivity contribution in [3.63, 3.8) is 0 Å². The van der Waals surface area contributed by atoms with Crippen molar-refractivity contribution in [2.24, 2.45) is 0 Å². The molecule has 72 valence electrons. The van der Waals surface area contributed by atoms with Gasteiger partial charge < -0.3 is 15.2 Å². The fourth-order valence-electron chi connectivity index (χ4n) is 1.53. The number of hydrogen-bond donors (Lipinski definition) is 2. The van der Waals surface area contributed by atoms with Gasteiger partial charge in [-0.1, -0.05) is 5.16 Å². The Hall–Kier alpha value is -0.940. The van der Waals surface area contributed by atoms with Crippen LogP contribution in [-0.4, -0.2) is 29.3 Å². The van der Waals surface area contributed by atoms with Gasteiger partial charge in [-0.05, 0) is 25.9 Å². The zero-order chi connectivity index (χ0) is 8.93. The van der Waals surface area contributed by atoms with Gasteiger partial charge in [-0.2, -0.15) is 4.98 Å². The first-order valence-electron chi connectivity index (χ1n) is 4.64. The first-order valence-corrected chi connectivity index (χ1v) is 4.64. The lowest BCUT2D eigenvalue weighted by Gasteiger charge is -2.22. The van der Waals surface area contributed by atoms with Crippen molar-refractivity contribution in [2.45, 2.75) is 25.4 Å². The second-order valence-corrected chi connectivity index (χ2v) is 3.25. The Morgan fingerprint density at radius 3 is 3.08 bits per heavy atom. The van der Waals surface area contributed by atoms with Crippen LogP contribution in [0.5, 0.6) is 0 Å². The van der Waals surface area contributed by atoms with Gasteiger partial charge in [0.25, 0.3) is 0 Å². The summed E-state index contributed by atoms with van der Waals surface area (Å²) in [5, 5.41) is 10.5. The minimum absolute atomic E-state index is 0.597. The maximum absolute atomic E-state index is 4.64. The summed E-state index contributed by atoms with van der Waals surface area (Å²) in [7, 11) is 0. The average molecular weight is 182 g/mol. The molecule has 1 fully saturated rings. The van der Waals surface area contributed by atoms with Crippen molar-refractivity contribution in [1.29, 1.82) is 0 Å². The Morgan fingerprint density at radius 1 is 1.54 bits per heavy atom. The topological polar surface area (TPSA) is 63.0 Å². The van der Waals surface area contributed by atoms with E-state index in [-0.39, 0.29) is 0 Å². The summed E-state index contributed by atoms with van der Waals surface area (Å²) in [6.45, 7) is 2.91. The molecule has 2 heterocycles. The van der Waals surface area contributed by atoms with Gasteiger partial charge in [-0.15, -0.1) is 0 Å². The van der Waals surface area contributed by atoms with Crippen LogP contribution in [-0.2, 0) is 6.54 Å². The summed E-state index contributed by atoms with van der Waals surface area (Å²) in [6, 6.07) is 0.597. The number of nitrogens with zero attached hydrogens (tertiary/aromatic N) is 2. The van der Waals surface area contributed by atoms with Gasteiger partial charge in [0, 0.05) is 6.04 Å². The fraction of sp³-hybridized carbons (Fsp3) is 0.750. The Balaban J connectivity index is 1.72. The first kappa shape index (κ1) is 8.65. The number of rotatable bonds is 3. The molecule has 0 atom stereocenters. The molecule has 0 spiro atoms. The second-order valence-electron chi connectivity index (χ2n) is 3.25. The highest BCUT2D eigenvalue weighted by molar-refractivity contribution is 4.80. The molecular weight excluding hydrogens is 168 g/mol. The molecule has 1 aliphatic rings. The van der Waals surface area contributed by atoms with Crippen LogP contribution in [0, 0.1) is 0 Å². The highest BCUT2D eigenvalue weighted by atomic mass is 16.5. The molecule has 5 heteroatoms. The zero-order valence-corrected chi connectivity index (χ0v) is 7.49. The number of nitrogens with one attached hydrogen (secondary N) is 2. The number of aromatic nitrogens is 2. The minimum atomic E-state index is 0.597. The van der Waals surface area contributed by atoms with Gasteiger partial charge in [0.2, 0.25) is 6.39 Å². The van der Waals surface area contributed by atoms with Gasteiger partial charge in [-0.3, -0.25) is 0 Å². The number of piperidine rings is 1. The molecule has 0 unspecified atom stereocenters. The molecule has 13 heavy (non-hydrogen) atoms. The summed E-state index contributed by atoms with van der Waals surface area (Å²) in [5.74, 6) is 0.735. The van der Waals surface area contributed by atoms with Crippen LogP contribution in [0.4, 0.5) is 0 Å². The van der Waals surface area contributed by atoms with Crippen LogP contribution >= 0.6 is 0 Å². The highest BCUT2D eigenvalue weighted by Gasteiger charge is 2.12. The molecule has 0 aliphatic carbocycles. The first-order chi connectivity index (χ1) is 6.45. The Morgan fingerprint density at radius 2 is 2.38 bits per heavy atom. The standard InChI is InChI=1S/C8H14N4O/c1-3-9-4-2-7(1)10-5-8-11-6-13-12-8/h6-7,9-10H,1-5H2. The van der Waals surface area contributed by atoms with E-state index in [1.807, 2.05) is 0 Å². The molecule has 0 bridgehead atoms. The molecule has 2 N–H and O–H groups in total. The van der Waals surface area contributed by atoms with E-state index in [0.717, 1.165) is 18.9 Å². The summed E-state index contributed by atoms with van der Waals surface area (Å²) < 4.78 is 4.64. The van der Waals surface area contributed by atoms with E-state index in [1.54, 1.807) is 0 Å². The van der Waals surface area contributed by atoms with Crippen LogP contribution in [0.2, 0.25) is 0 Å². The second kappa shape index (κ2) is 4.34. The minimum Gasteiger partial charge on any atom is -0.343 e. The quantitative estimate of drug-likeness (QED) is 0.684. The summed E-state index contributed by atoms with van der Waals surface area (Å²) in [4.78, 5) is 3.94. The van der Waals surface area contributed by atoms with Crippen LogP contribution in [0.15, 0.2) is 10.9 Å². The van der Waals surface area contributed by atoms with Crippen LogP contribution in [0.25, 0.3) is 0 Å².